The quantitative estimate of drug-likeness (QED) is 0.549. The highest BCUT2D eigenvalue weighted by Gasteiger charge is 2.10. The Morgan fingerprint density at radius 2 is 2.56 bits per heavy atom. The van der Waals surface area contributed by atoms with Crippen molar-refractivity contribution in [2.75, 3.05) is 4.72 Å². The van der Waals surface area contributed by atoms with E-state index in [2.05, 4.69) is 14.4 Å². The largest absolute Gasteiger partial charge is 0.293 e. The maximum atomic E-state index is 4.04. The van der Waals surface area contributed by atoms with Gasteiger partial charge in [0.05, 0.1) is 12.1 Å². The van der Waals surface area contributed by atoms with Crippen LogP contribution in [-0.4, -0.2) is 4.98 Å². The van der Waals surface area contributed by atoms with Crippen LogP contribution in [0.2, 0.25) is 0 Å². The number of hydrogen-bond donors (Lipinski definition) is 1. The second kappa shape index (κ2) is 1.80. The number of hydrogen-bond acceptors (Lipinski definition) is 3. The van der Waals surface area contributed by atoms with Gasteiger partial charge in [0.2, 0.25) is 0 Å². The summed E-state index contributed by atoms with van der Waals surface area (Å²) >= 11 is 1.32. The molecule has 2 rings (SSSR count). The van der Waals surface area contributed by atoms with E-state index in [1.165, 1.54) is 12.1 Å². The third-order valence-corrected chi connectivity index (χ3v) is 1.65. The van der Waals surface area contributed by atoms with Crippen LogP contribution in [0.25, 0.3) is 0 Å². The summed E-state index contributed by atoms with van der Waals surface area (Å²) < 4.78 is 6.98. The number of fused-ring (bicyclic) bond motifs is 1. The molecular weight excluding hydrogens is 134 g/mol. The Balaban J connectivity index is 2.54. The highest BCUT2D eigenvalue weighted by atomic mass is 32.2. The number of nitrogens with zero attached hydrogens (tertiary/aromatic N) is 2. The third kappa shape index (κ3) is 0.712. The number of aromatic nitrogens is 1. The van der Waals surface area contributed by atoms with Crippen molar-refractivity contribution in [3.8, 4) is 0 Å². The lowest BCUT2D eigenvalue weighted by molar-refractivity contribution is 1.31. The highest BCUT2D eigenvalue weighted by molar-refractivity contribution is 7.99. The molecule has 2 heterocycles. The zero-order chi connectivity index (χ0) is 6.10. The lowest BCUT2D eigenvalue weighted by Crippen LogP contribution is -1.79. The highest BCUT2D eigenvalue weighted by Crippen LogP contribution is 2.29. The van der Waals surface area contributed by atoms with Gasteiger partial charge >= 0.3 is 0 Å². The molecule has 0 bridgehead atoms. The van der Waals surface area contributed by atoms with Gasteiger partial charge in [0.15, 0.2) is 5.82 Å². The van der Waals surface area contributed by atoms with Crippen LogP contribution in [0.15, 0.2) is 18.3 Å². The maximum Gasteiger partial charge on any atom is 0.164 e. The third-order valence-electron chi connectivity index (χ3n) is 1.07. The first kappa shape index (κ1) is 4.93. The Hall–Kier alpha value is -0.900. The summed E-state index contributed by atoms with van der Waals surface area (Å²) in [5.74, 6) is 0.863. The summed E-state index contributed by atoms with van der Waals surface area (Å²) in [4.78, 5) is 4.03. The molecule has 1 aromatic heterocycles. The van der Waals surface area contributed by atoms with Gasteiger partial charge in [0, 0.05) is 6.20 Å². The average molecular weight is 138 g/mol. The summed E-state index contributed by atoms with van der Waals surface area (Å²) in [6.07, 6.45) is 1.74. The molecule has 1 aliphatic rings. The summed E-state index contributed by atoms with van der Waals surface area (Å²) in [7, 11) is 0. The fraction of sp³-hybridized carbons (Fsp3) is 0. The van der Waals surface area contributed by atoms with E-state index in [0.29, 0.717) is 0 Å². The van der Waals surface area contributed by atoms with Gasteiger partial charge in [-0.1, -0.05) is 0 Å². The van der Waals surface area contributed by atoms with Gasteiger partial charge in [-0.15, -0.1) is 0 Å². The van der Waals surface area contributed by atoms with Crippen LogP contribution in [0, 0.1) is 0 Å². The van der Waals surface area contributed by atoms with Crippen molar-refractivity contribution in [2.45, 2.75) is 0 Å². The first-order valence-electron chi connectivity index (χ1n) is 2.55. The van der Waals surface area contributed by atoms with Crippen LogP contribution in [0.3, 0.4) is 0 Å². The molecule has 1 N–H and O–H groups in total. The lowest BCUT2D eigenvalue weighted by Gasteiger charge is -1.89. The molecule has 4 heteroatoms. The van der Waals surface area contributed by atoms with Crippen LogP contribution >= 0.6 is 12.1 Å². The van der Waals surface area contributed by atoms with Crippen LogP contribution in [-0.2, 0) is 0 Å². The minimum Gasteiger partial charge on any atom is -0.293 e. The Morgan fingerprint density at radius 3 is 3.44 bits per heavy atom. The molecular formula is C5H4N3S. The Labute approximate surface area is 57.1 Å². The second-order valence-corrected chi connectivity index (χ2v) is 2.23. The van der Waals surface area contributed by atoms with Crippen molar-refractivity contribution >= 4 is 23.6 Å². The van der Waals surface area contributed by atoms with E-state index in [9.17, 15) is 0 Å². The zero-order valence-corrected chi connectivity index (χ0v) is 5.35. The number of rotatable bonds is 0. The van der Waals surface area contributed by atoms with Gasteiger partial charge < -0.3 is 0 Å². The monoisotopic (exact) mass is 138 g/mol. The Bertz CT molecular complexity index is 202. The average Bonchev–Trinajstić information content (AvgIpc) is 2.33. The topological polar surface area (TPSA) is 39.0 Å². The number of nitrogens with one attached hydrogen (secondary N) is 1. The van der Waals surface area contributed by atoms with Gasteiger partial charge in [-0.25, -0.2) is 4.98 Å². The normalized spacial score (nSPS) is 13.8. The number of anilines is 1. The fourth-order valence-corrected chi connectivity index (χ4v) is 1.20. The van der Waals surface area contributed by atoms with E-state index < -0.39 is 0 Å². The first-order chi connectivity index (χ1) is 4.47. The summed E-state index contributed by atoms with van der Waals surface area (Å²) in [5.41, 5.74) is 0.933. The smallest absolute Gasteiger partial charge is 0.164 e. The molecule has 3 nitrogen and oxygen atoms in total. The molecule has 45 valence electrons. The Morgan fingerprint density at radius 1 is 1.56 bits per heavy atom. The SMILES string of the molecule is c1cnc2c(c1)[N]SN2. The van der Waals surface area contributed by atoms with Crippen molar-refractivity contribution in [1.29, 1.82) is 0 Å². The summed E-state index contributed by atoms with van der Waals surface area (Å²) in [6, 6.07) is 3.80. The van der Waals surface area contributed by atoms with E-state index in [1.54, 1.807) is 6.20 Å². The summed E-state index contributed by atoms with van der Waals surface area (Å²) in [5, 5.41) is 0. The van der Waals surface area contributed by atoms with E-state index in [0.717, 1.165) is 11.5 Å². The molecule has 0 saturated carbocycles. The van der Waals surface area contributed by atoms with E-state index in [4.69, 9.17) is 0 Å². The van der Waals surface area contributed by atoms with Gasteiger partial charge in [0.1, 0.15) is 5.69 Å². The van der Waals surface area contributed by atoms with E-state index >= 15 is 0 Å². The molecule has 1 aliphatic heterocycles. The fourth-order valence-electron chi connectivity index (χ4n) is 0.664. The van der Waals surface area contributed by atoms with Crippen LogP contribution in [0.5, 0.6) is 0 Å². The van der Waals surface area contributed by atoms with Gasteiger partial charge in [-0.2, -0.15) is 4.72 Å². The van der Waals surface area contributed by atoms with E-state index in [-0.39, 0.29) is 0 Å². The van der Waals surface area contributed by atoms with Crippen molar-refractivity contribution in [2.24, 2.45) is 0 Å². The minimum atomic E-state index is 0.863. The van der Waals surface area contributed by atoms with Crippen molar-refractivity contribution in [3.05, 3.63) is 18.3 Å². The molecule has 0 amide bonds. The predicted octanol–water partition coefficient (Wildman–Crippen LogP) is 1.31. The van der Waals surface area contributed by atoms with Crippen LogP contribution in [0.4, 0.5) is 11.5 Å². The first-order valence-corrected chi connectivity index (χ1v) is 3.32. The molecule has 1 radical (unpaired) electrons. The van der Waals surface area contributed by atoms with Crippen LogP contribution in [0.1, 0.15) is 0 Å². The molecule has 1 aromatic rings. The van der Waals surface area contributed by atoms with Crippen molar-refractivity contribution in [1.82, 2.24) is 9.71 Å². The van der Waals surface area contributed by atoms with Crippen LogP contribution < -0.4 is 9.44 Å². The predicted molar refractivity (Wildman–Crippen MR) is 37.2 cm³/mol. The molecule has 0 saturated heterocycles. The maximum absolute atomic E-state index is 4.04. The van der Waals surface area contributed by atoms with Gasteiger partial charge in [-0.3, -0.25) is 4.72 Å². The van der Waals surface area contributed by atoms with Crippen molar-refractivity contribution in [3.63, 3.8) is 0 Å². The molecule has 0 aromatic carbocycles. The second-order valence-electron chi connectivity index (χ2n) is 1.66. The lowest BCUT2D eigenvalue weighted by atomic mass is 10.4. The standard InChI is InChI=1S/C5H4N3S/c1-2-4-5(6-3-1)8-9-7-4/h1-3H,(H,6,8). The molecule has 0 unspecified atom stereocenters. The molecule has 0 spiro atoms. The minimum absolute atomic E-state index is 0.863. The Kier molecular flexibility index (Phi) is 0.989. The zero-order valence-electron chi connectivity index (χ0n) is 4.53. The van der Waals surface area contributed by atoms with E-state index in [1.807, 2.05) is 12.1 Å². The van der Waals surface area contributed by atoms with Gasteiger partial charge in [0.25, 0.3) is 0 Å². The molecule has 0 atom stereocenters. The van der Waals surface area contributed by atoms with Gasteiger partial charge in [-0.05, 0) is 12.1 Å². The summed E-state index contributed by atoms with van der Waals surface area (Å²) in [6.45, 7) is 0. The van der Waals surface area contributed by atoms with Crippen molar-refractivity contribution < 1.29 is 0 Å². The number of pyridine rings is 1. The molecule has 9 heavy (non-hydrogen) atoms. The molecule has 0 fully saturated rings. The molecule has 0 aliphatic carbocycles.